The van der Waals surface area contributed by atoms with E-state index in [1.165, 1.54) is 25.8 Å². The van der Waals surface area contributed by atoms with Crippen molar-refractivity contribution in [2.45, 2.75) is 49.1 Å². The lowest BCUT2D eigenvalue weighted by molar-refractivity contribution is -0.115. The maximum atomic E-state index is 12.7. The molecule has 0 saturated carbocycles. The van der Waals surface area contributed by atoms with E-state index in [0.717, 1.165) is 29.3 Å². The van der Waals surface area contributed by atoms with Gasteiger partial charge in [0.2, 0.25) is 5.91 Å². The molecule has 5 nitrogen and oxygen atoms in total. The van der Waals surface area contributed by atoms with E-state index in [1.54, 1.807) is 11.8 Å². The van der Waals surface area contributed by atoms with Gasteiger partial charge in [0.1, 0.15) is 0 Å². The van der Waals surface area contributed by atoms with Gasteiger partial charge in [-0.25, -0.2) is 0 Å². The third kappa shape index (κ3) is 3.17. The standard InChI is InChI=1S/C18H23N3O2S/c22-17-7-10-24-16-5-4-12(11-14(16)19-17)18(23)20-13-6-9-21-8-2-1-3-15(13)21/h4-5,11,13,15H,1-3,6-10H2,(H,19,22)(H,20,23)/t13-,15-/m0/s1. The Kier molecular flexibility index (Phi) is 4.50. The minimum atomic E-state index is -0.0290. The van der Waals surface area contributed by atoms with Crippen LogP contribution in [0.15, 0.2) is 23.1 Å². The highest BCUT2D eigenvalue weighted by Gasteiger charge is 2.36. The normalized spacial score (nSPS) is 26.9. The summed E-state index contributed by atoms with van der Waals surface area (Å²) in [5.74, 6) is 0.774. The van der Waals surface area contributed by atoms with Crippen molar-refractivity contribution in [2.75, 3.05) is 24.2 Å². The number of thioether (sulfide) groups is 1. The zero-order chi connectivity index (χ0) is 16.5. The number of nitrogens with zero attached hydrogens (tertiary/aromatic N) is 1. The molecule has 1 aromatic rings. The third-order valence-electron chi connectivity index (χ3n) is 5.28. The topological polar surface area (TPSA) is 61.4 Å². The van der Waals surface area contributed by atoms with Gasteiger partial charge in [0, 0.05) is 41.3 Å². The Bertz CT molecular complexity index is 664. The monoisotopic (exact) mass is 345 g/mol. The highest BCUT2D eigenvalue weighted by molar-refractivity contribution is 7.99. The van der Waals surface area contributed by atoms with E-state index in [1.807, 2.05) is 18.2 Å². The fourth-order valence-corrected chi connectivity index (χ4v) is 4.97. The Balaban J connectivity index is 1.48. The Labute approximate surface area is 146 Å². The van der Waals surface area contributed by atoms with Crippen LogP contribution >= 0.6 is 11.8 Å². The number of anilines is 1. The molecule has 0 aliphatic carbocycles. The molecule has 0 radical (unpaired) electrons. The van der Waals surface area contributed by atoms with Gasteiger partial charge in [0.05, 0.1) is 5.69 Å². The molecule has 2 N–H and O–H groups in total. The van der Waals surface area contributed by atoms with E-state index in [2.05, 4.69) is 15.5 Å². The van der Waals surface area contributed by atoms with Gasteiger partial charge < -0.3 is 10.6 Å². The maximum absolute atomic E-state index is 12.7. The third-order valence-corrected chi connectivity index (χ3v) is 6.35. The Hall–Kier alpha value is -1.53. The van der Waals surface area contributed by atoms with Gasteiger partial charge >= 0.3 is 0 Å². The van der Waals surface area contributed by atoms with E-state index >= 15 is 0 Å². The van der Waals surface area contributed by atoms with Crippen molar-refractivity contribution in [1.29, 1.82) is 0 Å². The summed E-state index contributed by atoms with van der Waals surface area (Å²) in [4.78, 5) is 28.0. The number of carbonyl (C=O) groups is 2. The second-order valence-electron chi connectivity index (χ2n) is 6.83. The van der Waals surface area contributed by atoms with E-state index in [9.17, 15) is 9.59 Å². The second-order valence-corrected chi connectivity index (χ2v) is 7.96. The molecule has 1 aromatic carbocycles. The van der Waals surface area contributed by atoms with Gasteiger partial charge in [-0.3, -0.25) is 14.5 Å². The Morgan fingerprint density at radius 3 is 3.08 bits per heavy atom. The molecule has 0 spiro atoms. The number of benzene rings is 1. The van der Waals surface area contributed by atoms with Gasteiger partial charge in [-0.1, -0.05) is 6.42 Å². The summed E-state index contributed by atoms with van der Waals surface area (Å²) in [7, 11) is 0. The maximum Gasteiger partial charge on any atom is 0.251 e. The van der Waals surface area contributed by atoms with Crippen molar-refractivity contribution in [3.63, 3.8) is 0 Å². The van der Waals surface area contributed by atoms with E-state index < -0.39 is 0 Å². The quantitative estimate of drug-likeness (QED) is 0.864. The molecule has 0 bridgehead atoms. The summed E-state index contributed by atoms with van der Waals surface area (Å²) in [6, 6.07) is 6.38. The fraction of sp³-hybridized carbons (Fsp3) is 0.556. The van der Waals surface area contributed by atoms with Gasteiger partial charge in [-0.2, -0.15) is 0 Å². The van der Waals surface area contributed by atoms with Gasteiger partial charge in [0.25, 0.3) is 5.91 Å². The van der Waals surface area contributed by atoms with Crippen molar-refractivity contribution in [3.8, 4) is 0 Å². The van der Waals surface area contributed by atoms with Crippen LogP contribution in [0.3, 0.4) is 0 Å². The van der Waals surface area contributed by atoms with Crippen molar-refractivity contribution in [2.24, 2.45) is 0 Å². The molecule has 3 aliphatic rings. The first-order chi connectivity index (χ1) is 11.7. The number of amides is 2. The number of hydrogen-bond acceptors (Lipinski definition) is 4. The molecule has 4 rings (SSSR count). The zero-order valence-corrected chi connectivity index (χ0v) is 14.5. The SMILES string of the molecule is O=C1CCSc2ccc(C(=O)N[C@H]3CCN4CCCC[C@@H]34)cc2N1. The van der Waals surface area contributed by atoms with Crippen molar-refractivity contribution in [1.82, 2.24) is 10.2 Å². The van der Waals surface area contributed by atoms with Crippen LogP contribution in [-0.2, 0) is 4.79 Å². The Morgan fingerprint density at radius 1 is 1.25 bits per heavy atom. The molecule has 3 heterocycles. The predicted octanol–water partition coefficient (Wildman–Crippen LogP) is 2.48. The van der Waals surface area contributed by atoms with Gasteiger partial charge in [-0.05, 0) is 44.0 Å². The molecule has 2 atom stereocenters. The summed E-state index contributed by atoms with van der Waals surface area (Å²) < 4.78 is 0. The summed E-state index contributed by atoms with van der Waals surface area (Å²) in [5, 5.41) is 6.14. The first kappa shape index (κ1) is 16.0. The van der Waals surface area contributed by atoms with E-state index in [4.69, 9.17) is 0 Å². The van der Waals surface area contributed by atoms with E-state index in [0.29, 0.717) is 18.0 Å². The zero-order valence-electron chi connectivity index (χ0n) is 13.7. The smallest absolute Gasteiger partial charge is 0.251 e. The molecular formula is C18H23N3O2S. The average Bonchev–Trinajstić information content (AvgIpc) is 2.89. The van der Waals surface area contributed by atoms with Gasteiger partial charge in [0.15, 0.2) is 0 Å². The van der Waals surface area contributed by atoms with Crippen LogP contribution in [0.4, 0.5) is 5.69 Å². The van der Waals surface area contributed by atoms with Crippen LogP contribution in [0, 0.1) is 0 Å². The molecular weight excluding hydrogens is 322 g/mol. The highest BCUT2D eigenvalue weighted by atomic mass is 32.2. The summed E-state index contributed by atoms with van der Waals surface area (Å²) in [6.07, 6.45) is 5.27. The van der Waals surface area contributed by atoms with Crippen LogP contribution in [0.2, 0.25) is 0 Å². The van der Waals surface area contributed by atoms with Crippen LogP contribution in [-0.4, -0.2) is 47.6 Å². The molecule has 128 valence electrons. The lowest BCUT2D eigenvalue weighted by Crippen LogP contribution is -2.46. The minimum absolute atomic E-state index is 0.0208. The molecule has 24 heavy (non-hydrogen) atoms. The second kappa shape index (κ2) is 6.76. The van der Waals surface area contributed by atoms with Gasteiger partial charge in [-0.15, -0.1) is 11.8 Å². The van der Waals surface area contributed by atoms with Crippen LogP contribution in [0.1, 0.15) is 42.5 Å². The minimum Gasteiger partial charge on any atom is -0.348 e. The molecule has 2 amide bonds. The lowest BCUT2D eigenvalue weighted by Gasteiger charge is -2.32. The number of carbonyl (C=O) groups excluding carboxylic acids is 2. The van der Waals surface area contributed by atoms with E-state index in [-0.39, 0.29) is 17.9 Å². The van der Waals surface area contributed by atoms with Crippen molar-refractivity contribution < 1.29 is 9.59 Å². The lowest BCUT2D eigenvalue weighted by atomic mass is 9.99. The first-order valence-electron chi connectivity index (χ1n) is 8.82. The summed E-state index contributed by atoms with van der Waals surface area (Å²) >= 11 is 1.66. The highest BCUT2D eigenvalue weighted by Crippen LogP contribution is 2.32. The Morgan fingerprint density at radius 2 is 2.17 bits per heavy atom. The number of fused-ring (bicyclic) bond motifs is 2. The largest absolute Gasteiger partial charge is 0.348 e. The van der Waals surface area contributed by atoms with Crippen molar-refractivity contribution >= 4 is 29.3 Å². The average molecular weight is 345 g/mol. The van der Waals surface area contributed by atoms with Crippen LogP contribution < -0.4 is 10.6 Å². The molecule has 6 heteroatoms. The number of hydrogen-bond donors (Lipinski definition) is 2. The summed E-state index contributed by atoms with van der Waals surface area (Å²) in [6.45, 7) is 2.26. The molecule has 2 saturated heterocycles. The first-order valence-corrected chi connectivity index (χ1v) is 9.81. The number of piperidine rings is 1. The van der Waals surface area contributed by atoms with Crippen molar-refractivity contribution in [3.05, 3.63) is 23.8 Å². The molecule has 0 unspecified atom stereocenters. The fourth-order valence-electron chi connectivity index (χ4n) is 4.03. The van der Waals surface area contributed by atoms with Crippen LogP contribution in [0.5, 0.6) is 0 Å². The number of rotatable bonds is 2. The molecule has 0 aromatic heterocycles. The number of nitrogens with one attached hydrogen (secondary N) is 2. The molecule has 2 fully saturated rings. The predicted molar refractivity (Wildman–Crippen MR) is 95.5 cm³/mol. The van der Waals surface area contributed by atoms with Crippen LogP contribution in [0.25, 0.3) is 0 Å². The summed E-state index contributed by atoms with van der Waals surface area (Å²) in [5.41, 5.74) is 1.40. The molecule has 3 aliphatic heterocycles.